The predicted octanol–water partition coefficient (Wildman–Crippen LogP) is 2.64. The van der Waals surface area contributed by atoms with Crippen molar-refractivity contribution in [1.29, 1.82) is 0 Å². The van der Waals surface area contributed by atoms with Crippen molar-refractivity contribution in [3.05, 3.63) is 60.1 Å². The van der Waals surface area contributed by atoms with E-state index < -0.39 is 20.0 Å². The van der Waals surface area contributed by atoms with Gasteiger partial charge in [0.25, 0.3) is 20.0 Å². The van der Waals surface area contributed by atoms with Gasteiger partial charge in [0.05, 0.1) is 9.79 Å². The minimum absolute atomic E-state index is 0.262. The minimum Gasteiger partial charge on any atom is -0.326 e. The lowest BCUT2D eigenvalue weighted by atomic mass is 10.3. The van der Waals surface area contributed by atoms with E-state index in [0.29, 0.717) is 11.4 Å². The second-order valence-electron chi connectivity index (χ2n) is 6.43. The van der Waals surface area contributed by atoms with E-state index in [1.165, 1.54) is 74.0 Å². The van der Waals surface area contributed by atoms with E-state index in [-0.39, 0.29) is 30.4 Å². The minimum atomic E-state index is -4.59. The van der Waals surface area contributed by atoms with Gasteiger partial charge in [-0.3, -0.25) is 9.59 Å². The van der Waals surface area contributed by atoms with Gasteiger partial charge in [0, 0.05) is 36.8 Å². The molecule has 0 aliphatic rings. The SMILES string of the molecule is CC(=O)Nc1ccc(S(=O)(=O)N(c2nccs2)S(=O)(=O)c2ccc(NC(C)=O)cc2)cc1. The number of amides is 2. The van der Waals surface area contributed by atoms with Crippen LogP contribution in [0.2, 0.25) is 0 Å². The fourth-order valence-electron chi connectivity index (χ4n) is 2.66. The summed E-state index contributed by atoms with van der Waals surface area (Å²) in [7, 11) is -9.19. The van der Waals surface area contributed by atoms with Gasteiger partial charge in [-0.2, -0.15) is 16.8 Å². The highest BCUT2D eigenvalue weighted by Crippen LogP contribution is 2.32. The van der Waals surface area contributed by atoms with Crippen molar-refractivity contribution in [3.8, 4) is 0 Å². The number of hydrogen-bond acceptors (Lipinski definition) is 8. The van der Waals surface area contributed by atoms with E-state index in [0.717, 1.165) is 11.3 Å². The summed E-state index contributed by atoms with van der Waals surface area (Å²) < 4.78 is 53.7. The van der Waals surface area contributed by atoms with E-state index in [4.69, 9.17) is 0 Å². The highest BCUT2D eigenvalue weighted by molar-refractivity contribution is 8.10. The maximum Gasteiger partial charge on any atom is 0.279 e. The molecule has 1 heterocycles. The van der Waals surface area contributed by atoms with Crippen LogP contribution in [0, 0.1) is 0 Å². The Kier molecular flexibility index (Phi) is 6.62. The molecule has 0 aliphatic heterocycles. The van der Waals surface area contributed by atoms with E-state index >= 15 is 0 Å². The first-order chi connectivity index (χ1) is 15.0. The lowest BCUT2D eigenvalue weighted by Gasteiger charge is -2.21. The molecule has 0 bridgehead atoms. The summed E-state index contributed by atoms with van der Waals surface area (Å²) in [6.07, 6.45) is 1.29. The first-order valence-electron chi connectivity index (χ1n) is 8.97. The van der Waals surface area contributed by atoms with Crippen LogP contribution in [0.25, 0.3) is 0 Å². The molecule has 3 aromatic rings. The zero-order valence-corrected chi connectivity index (χ0v) is 19.3. The summed E-state index contributed by atoms with van der Waals surface area (Å²) in [5.74, 6) is -0.675. The van der Waals surface area contributed by atoms with Gasteiger partial charge in [-0.15, -0.1) is 15.0 Å². The zero-order chi connectivity index (χ0) is 23.5. The maximum absolute atomic E-state index is 13.4. The molecule has 0 unspecified atom stereocenters. The number of carbonyl (C=O) groups is 2. The van der Waals surface area contributed by atoms with Gasteiger partial charge in [0.15, 0.2) is 0 Å². The summed E-state index contributed by atoms with van der Waals surface area (Å²) in [6, 6.07) is 10.2. The van der Waals surface area contributed by atoms with Gasteiger partial charge < -0.3 is 10.6 Å². The third kappa shape index (κ3) is 4.95. The van der Waals surface area contributed by atoms with Crippen LogP contribution in [0.1, 0.15) is 13.8 Å². The average molecular weight is 495 g/mol. The average Bonchev–Trinajstić information content (AvgIpc) is 3.21. The van der Waals surface area contributed by atoms with Crippen LogP contribution in [0.15, 0.2) is 69.9 Å². The fourth-order valence-corrected chi connectivity index (χ4v) is 7.36. The van der Waals surface area contributed by atoms with Crippen molar-refractivity contribution in [1.82, 2.24) is 4.98 Å². The van der Waals surface area contributed by atoms with E-state index in [9.17, 15) is 26.4 Å². The fraction of sp³-hybridized carbons (Fsp3) is 0.105. The Bertz CT molecular complexity index is 1250. The molecule has 10 nitrogen and oxygen atoms in total. The van der Waals surface area contributed by atoms with Gasteiger partial charge >= 0.3 is 0 Å². The molecule has 1 aromatic heterocycles. The molecule has 0 aliphatic carbocycles. The molecule has 0 saturated heterocycles. The van der Waals surface area contributed by atoms with Crippen molar-refractivity contribution in [3.63, 3.8) is 0 Å². The number of nitrogens with zero attached hydrogens (tertiary/aromatic N) is 2. The number of carbonyl (C=O) groups excluding carboxylic acids is 2. The van der Waals surface area contributed by atoms with Crippen LogP contribution in [-0.4, -0.2) is 33.6 Å². The smallest absolute Gasteiger partial charge is 0.279 e. The highest BCUT2D eigenvalue weighted by Gasteiger charge is 2.38. The van der Waals surface area contributed by atoms with Gasteiger partial charge in [0.1, 0.15) is 0 Å². The lowest BCUT2D eigenvalue weighted by Crippen LogP contribution is -2.37. The molecule has 2 N–H and O–H groups in total. The summed E-state index contributed by atoms with van der Waals surface area (Å²) >= 11 is 0.840. The molecule has 2 amide bonds. The van der Waals surface area contributed by atoms with Crippen molar-refractivity contribution in [2.24, 2.45) is 0 Å². The number of sulfonamides is 2. The molecule has 32 heavy (non-hydrogen) atoms. The van der Waals surface area contributed by atoms with E-state index in [2.05, 4.69) is 15.6 Å². The molecule has 3 rings (SSSR count). The second kappa shape index (κ2) is 9.06. The molecular formula is C19H18N4O6S3. The Balaban J connectivity index is 2.07. The number of nitrogens with one attached hydrogen (secondary N) is 2. The summed E-state index contributed by atoms with van der Waals surface area (Å²) in [6.45, 7) is 2.61. The lowest BCUT2D eigenvalue weighted by molar-refractivity contribution is -0.115. The highest BCUT2D eigenvalue weighted by atomic mass is 32.3. The largest absolute Gasteiger partial charge is 0.326 e. The molecule has 168 valence electrons. The second-order valence-corrected chi connectivity index (χ2v) is 11.1. The topological polar surface area (TPSA) is 143 Å². The molecule has 0 spiro atoms. The van der Waals surface area contributed by atoms with Gasteiger partial charge in [0.2, 0.25) is 16.9 Å². The number of anilines is 3. The van der Waals surface area contributed by atoms with E-state index in [1.54, 1.807) is 0 Å². The predicted molar refractivity (Wildman–Crippen MR) is 120 cm³/mol. The van der Waals surface area contributed by atoms with Gasteiger partial charge in [-0.1, -0.05) is 0 Å². The monoisotopic (exact) mass is 494 g/mol. The molecule has 0 atom stereocenters. The van der Waals surface area contributed by atoms with Crippen molar-refractivity contribution >= 4 is 59.7 Å². The number of hydrogen-bond donors (Lipinski definition) is 2. The van der Waals surface area contributed by atoms with Crippen LogP contribution >= 0.6 is 11.3 Å². The Labute approximate surface area is 189 Å². The van der Waals surface area contributed by atoms with Crippen molar-refractivity contribution in [2.45, 2.75) is 23.6 Å². The zero-order valence-electron chi connectivity index (χ0n) is 16.8. The normalized spacial score (nSPS) is 11.6. The van der Waals surface area contributed by atoms with E-state index in [1.807, 2.05) is 0 Å². The Morgan fingerprint density at radius 3 is 1.50 bits per heavy atom. The molecule has 0 fully saturated rings. The Hall–Kier alpha value is -3.29. The molecular weight excluding hydrogens is 476 g/mol. The van der Waals surface area contributed by atoms with Crippen LogP contribution in [0.5, 0.6) is 0 Å². The van der Waals surface area contributed by atoms with Crippen LogP contribution in [0.3, 0.4) is 0 Å². The molecule has 0 saturated carbocycles. The van der Waals surface area contributed by atoms with Crippen LogP contribution in [0.4, 0.5) is 16.5 Å². The van der Waals surface area contributed by atoms with Crippen molar-refractivity contribution < 1.29 is 26.4 Å². The summed E-state index contributed by atoms with van der Waals surface area (Å²) in [5.41, 5.74) is 0.710. The standard InChI is InChI=1S/C19H18N4O6S3/c1-13(24)21-15-3-7-17(8-4-15)31(26,27)23(19-20-11-12-30-19)32(28,29)18-9-5-16(6-10-18)22-14(2)25/h3-12H,1-2H3,(H,21,24)(H,22,25). The molecule has 13 heteroatoms. The number of benzene rings is 2. The van der Waals surface area contributed by atoms with Crippen LogP contribution < -0.4 is 14.3 Å². The Morgan fingerprint density at radius 1 is 0.781 bits per heavy atom. The number of aromatic nitrogens is 1. The third-order valence-corrected chi connectivity index (χ3v) is 9.08. The Morgan fingerprint density at radius 2 is 1.19 bits per heavy atom. The van der Waals surface area contributed by atoms with Crippen molar-refractivity contribution in [2.75, 3.05) is 14.3 Å². The first-order valence-corrected chi connectivity index (χ1v) is 12.7. The quantitative estimate of drug-likeness (QED) is 0.514. The molecule has 0 radical (unpaired) electrons. The number of thiazole rings is 1. The molecule has 2 aromatic carbocycles. The summed E-state index contributed by atoms with van der Waals surface area (Å²) in [4.78, 5) is 25.6. The van der Waals surface area contributed by atoms with Crippen LogP contribution in [-0.2, 0) is 29.6 Å². The van der Waals surface area contributed by atoms with Gasteiger partial charge in [-0.05, 0) is 48.5 Å². The van der Waals surface area contributed by atoms with Gasteiger partial charge in [-0.25, -0.2) is 4.98 Å². The first kappa shape index (κ1) is 23.4. The third-order valence-electron chi connectivity index (χ3n) is 3.96. The summed E-state index contributed by atoms with van der Waals surface area (Å²) in [5, 5.41) is 6.21. The number of rotatable bonds is 7. The maximum atomic E-state index is 13.4.